The van der Waals surface area contributed by atoms with E-state index in [0.29, 0.717) is 17.3 Å². The number of hydrogen-bond acceptors (Lipinski definition) is 6. The zero-order valence-corrected chi connectivity index (χ0v) is 13.6. The summed E-state index contributed by atoms with van der Waals surface area (Å²) in [7, 11) is 1.63. The SMILES string of the molecule is COc1ccc(C2=Nc3cc4c(cc3=N2)N=NC=4)cc1OC(C)C. The molecule has 0 aromatic heterocycles. The molecule has 0 spiro atoms. The van der Waals surface area contributed by atoms with Gasteiger partial charge in [-0.25, -0.2) is 9.98 Å². The van der Waals surface area contributed by atoms with Crippen LogP contribution in [0.2, 0.25) is 0 Å². The van der Waals surface area contributed by atoms with E-state index >= 15 is 0 Å². The van der Waals surface area contributed by atoms with Crippen molar-refractivity contribution in [1.82, 2.24) is 0 Å². The number of ether oxygens (including phenoxy) is 2. The molecule has 24 heavy (non-hydrogen) atoms. The highest BCUT2D eigenvalue weighted by molar-refractivity contribution is 6.03. The average molecular weight is 320 g/mol. The molecule has 6 nitrogen and oxygen atoms in total. The standard InChI is InChI=1S/C18H16N4O2/c1-10(2)24-17-7-11(4-5-16(17)23-3)18-20-14-6-12-9-19-22-13(12)8-15(14)21-18/h4-10H,1-3H3. The molecule has 0 saturated heterocycles. The number of nitrogens with zero attached hydrogens (tertiary/aromatic N) is 4. The van der Waals surface area contributed by atoms with Gasteiger partial charge in [-0.2, -0.15) is 10.2 Å². The minimum absolute atomic E-state index is 0.0534. The molecule has 2 aliphatic rings. The van der Waals surface area contributed by atoms with Gasteiger partial charge in [-0.1, -0.05) is 0 Å². The van der Waals surface area contributed by atoms with Crippen LogP contribution in [0.1, 0.15) is 19.4 Å². The lowest BCUT2D eigenvalue weighted by Gasteiger charge is -2.14. The predicted octanol–water partition coefficient (Wildman–Crippen LogP) is 3.03. The summed E-state index contributed by atoms with van der Waals surface area (Å²) in [5.41, 5.74) is 2.54. The highest BCUT2D eigenvalue weighted by Gasteiger charge is 2.16. The minimum atomic E-state index is 0.0534. The van der Waals surface area contributed by atoms with Gasteiger partial charge in [0.2, 0.25) is 0 Å². The molecule has 0 saturated carbocycles. The number of aliphatic imine (C=N–C) groups is 1. The predicted molar refractivity (Wildman–Crippen MR) is 91.2 cm³/mol. The molecule has 4 rings (SSSR count). The normalized spacial score (nSPS) is 13.9. The van der Waals surface area contributed by atoms with Crippen LogP contribution in [0, 0.1) is 0 Å². The molecule has 0 amide bonds. The third-order valence-electron chi connectivity index (χ3n) is 3.72. The fraction of sp³-hybridized carbons (Fsp3) is 0.222. The summed E-state index contributed by atoms with van der Waals surface area (Å²) in [6.45, 7) is 3.96. The summed E-state index contributed by atoms with van der Waals surface area (Å²) in [5.74, 6) is 2.03. The third-order valence-corrected chi connectivity index (χ3v) is 3.72. The molecule has 120 valence electrons. The van der Waals surface area contributed by atoms with Gasteiger partial charge in [0, 0.05) is 10.8 Å². The summed E-state index contributed by atoms with van der Waals surface area (Å²) in [4.78, 5) is 9.24. The van der Waals surface area contributed by atoms with Crippen molar-refractivity contribution in [3.8, 4) is 11.5 Å². The van der Waals surface area contributed by atoms with Crippen molar-refractivity contribution in [2.24, 2.45) is 20.2 Å². The number of benzene rings is 2. The lowest BCUT2D eigenvalue weighted by molar-refractivity contribution is 0.230. The first-order chi connectivity index (χ1) is 11.6. The topological polar surface area (TPSA) is 67.9 Å². The van der Waals surface area contributed by atoms with Gasteiger partial charge in [0.1, 0.15) is 0 Å². The Kier molecular flexibility index (Phi) is 3.37. The Balaban J connectivity index is 1.75. The number of rotatable bonds is 4. The van der Waals surface area contributed by atoms with Crippen LogP contribution in [-0.2, 0) is 0 Å². The molecular weight excluding hydrogens is 304 g/mol. The van der Waals surface area contributed by atoms with Crippen molar-refractivity contribution in [1.29, 1.82) is 0 Å². The maximum Gasteiger partial charge on any atom is 0.162 e. The maximum absolute atomic E-state index is 5.82. The molecule has 0 aliphatic carbocycles. The highest BCUT2D eigenvalue weighted by Crippen LogP contribution is 2.30. The van der Waals surface area contributed by atoms with Crippen LogP contribution in [0.25, 0.3) is 6.20 Å². The van der Waals surface area contributed by atoms with Crippen LogP contribution in [0.15, 0.2) is 50.5 Å². The Morgan fingerprint density at radius 2 is 1.83 bits per heavy atom. The van der Waals surface area contributed by atoms with Crippen molar-refractivity contribution < 1.29 is 9.47 Å². The fourth-order valence-electron chi connectivity index (χ4n) is 2.65. The lowest BCUT2D eigenvalue weighted by Crippen LogP contribution is -2.08. The molecule has 0 radical (unpaired) electrons. The van der Waals surface area contributed by atoms with Crippen LogP contribution in [0.5, 0.6) is 11.5 Å². The lowest BCUT2D eigenvalue weighted by atomic mass is 10.2. The molecule has 0 atom stereocenters. The third kappa shape index (κ3) is 2.46. The van der Waals surface area contributed by atoms with Crippen LogP contribution < -0.4 is 20.0 Å². The molecule has 2 heterocycles. The molecule has 2 aliphatic heterocycles. The van der Waals surface area contributed by atoms with E-state index in [2.05, 4.69) is 20.2 Å². The Hall–Kier alpha value is -3.02. The van der Waals surface area contributed by atoms with Crippen molar-refractivity contribution in [2.75, 3.05) is 7.11 Å². The summed E-state index contributed by atoms with van der Waals surface area (Å²) >= 11 is 0. The van der Waals surface area contributed by atoms with E-state index in [1.807, 2.05) is 44.2 Å². The smallest absolute Gasteiger partial charge is 0.162 e. The van der Waals surface area contributed by atoms with Crippen molar-refractivity contribution in [3.05, 3.63) is 46.5 Å². The van der Waals surface area contributed by atoms with E-state index in [1.165, 1.54) is 0 Å². The van der Waals surface area contributed by atoms with E-state index in [4.69, 9.17) is 9.47 Å². The van der Waals surface area contributed by atoms with E-state index < -0.39 is 0 Å². The first-order valence-electron chi connectivity index (χ1n) is 7.71. The van der Waals surface area contributed by atoms with Crippen LogP contribution >= 0.6 is 0 Å². The second-order valence-electron chi connectivity index (χ2n) is 5.82. The second-order valence-corrected chi connectivity index (χ2v) is 5.82. The molecular formula is C18H16N4O2. The first-order valence-corrected chi connectivity index (χ1v) is 7.71. The molecule has 0 bridgehead atoms. The molecule has 2 aromatic carbocycles. The van der Waals surface area contributed by atoms with Gasteiger partial charge in [-0.3, -0.25) is 0 Å². The van der Waals surface area contributed by atoms with Crippen LogP contribution in [0.4, 0.5) is 11.4 Å². The van der Waals surface area contributed by atoms with E-state index in [-0.39, 0.29) is 6.10 Å². The van der Waals surface area contributed by atoms with Gasteiger partial charge in [-0.05, 0) is 44.2 Å². The number of methoxy groups -OCH3 is 1. The highest BCUT2D eigenvalue weighted by atomic mass is 16.5. The van der Waals surface area contributed by atoms with Crippen LogP contribution in [0.3, 0.4) is 0 Å². The van der Waals surface area contributed by atoms with Crippen molar-refractivity contribution >= 4 is 23.4 Å². The van der Waals surface area contributed by atoms with Gasteiger partial charge in [0.05, 0.1) is 36.1 Å². The van der Waals surface area contributed by atoms with Gasteiger partial charge < -0.3 is 9.47 Å². The minimum Gasteiger partial charge on any atom is -0.493 e. The van der Waals surface area contributed by atoms with E-state index in [9.17, 15) is 0 Å². The molecule has 6 heteroatoms. The summed E-state index contributed by atoms with van der Waals surface area (Å²) in [5, 5.41) is 9.74. The first kappa shape index (κ1) is 14.6. The zero-order chi connectivity index (χ0) is 16.7. The quantitative estimate of drug-likeness (QED) is 0.869. The number of azo groups is 1. The Bertz CT molecular complexity index is 1010. The van der Waals surface area contributed by atoms with E-state index in [1.54, 1.807) is 13.3 Å². The Morgan fingerprint density at radius 3 is 2.62 bits per heavy atom. The van der Waals surface area contributed by atoms with Gasteiger partial charge in [0.15, 0.2) is 17.3 Å². The zero-order valence-electron chi connectivity index (χ0n) is 13.6. The summed E-state index contributed by atoms with van der Waals surface area (Å²) in [6, 6.07) is 9.57. The summed E-state index contributed by atoms with van der Waals surface area (Å²) < 4.78 is 11.2. The Morgan fingerprint density at radius 1 is 0.958 bits per heavy atom. The average Bonchev–Trinajstić information content (AvgIpc) is 3.17. The largest absolute Gasteiger partial charge is 0.493 e. The van der Waals surface area contributed by atoms with Crippen molar-refractivity contribution in [2.45, 2.75) is 20.0 Å². The molecule has 0 fully saturated rings. The number of hydrogen-bond donors (Lipinski definition) is 0. The Labute approximate surface area is 138 Å². The summed E-state index contributed by atoms with van der Waals surface area (Å²) in [6.07, 6.45) is 1.78. The molecule has 0 N–H and O–H groups in total. The van der Waals surface area contributed by atoms with Gasteiger partial charge >= 0.3 is 0 Å². The fourth-order valence-corrected chi connectivity index (χ4v) is 2.65. The van der Waals surface area contributed by atoms with Crippen LogP contribution in [-0.4, -0.2) is 19.0 Å². The number of fused-ring (bicyclic) bond motifs is 2. The molecule has 2 aromatic rings. The molecule has 0 unspecified atom stereocenters. The monoisotopic (exact) mass is 320 g/mol. The van der Waals surface area contributed by atoms with Gasteiger partial charge in [-0.15, -0.1) is 0 Å². The van der Waals surface area contributed by atoms with E-state index in [0.717, 1.165) is 27.5 Å². The maximum atomic E-state index is 5.82. The van der Waals surface area contributed by atoms with Crippen molar-refractivity contribution in [3.63, 3.8) is 0 Å². The second kappa shape index (κ2) is 5.56. The number of amidine groups is 1. The van der Waals surface area contributed by atoms with Gasteiger partial charge in [0.25, 0.3) is 0 Å².